The van der Waals surface area contributed by atoms with Crippen molar-refractivity contribution in [3.8, 4) is 0 Å². The molecule has 0 saturated carbocycles. The highest BCUT2D eigenvalue weighted by molar-refractivity contribution is 7.85. The Morgan fingerprint density at radius 2 is 1.28 bits per heavy atom. The molecule has 0 atom stereocenters. The van der Waals surface area contributed by atoms with Crippen molar-refractivity contribution >= 4 is 10.1 Å². The minimum atomic E-state index is -4.08. The number of nitrogens with zero attached hydrogens (tertiary/aromatic N) is 2. The summed E-state index contributed by atoms with van der Waals surface area (Å²) in [5.41, 5.74) is 0. The lowest BCUT2D eigenvalue weighted by molar-refractivity contribution is -0.886. The fourth-order valence-electron chi connectivity index (χ4n) is 1.32. The lowest BCUT2D eigenvalue weighted by Crippen LogP contribution is -2.44. The predicted octanol–water partition coefficient (Wildman–Crippen LogP) is 1.08. The van der Waals surface area contributed by atoms with E-state index in [1.54, 1.807) is 14.1 Å². The summed E-state index contributed by atoms with van der Waals surface area (Å²) in [6, 6.07) is 0. The topological polar surface area (TPSA) is 57.2 Å². The maximum atomic E-state index is 10.4. The number of hydrogen-bond acceptors (Lipinski definition) is 3. The molecule has 0 unspecified atom stereocenters. The Labute approximate surface area is 113 Å². The highest BCUT2D eigenvalue weighted by Gasteiger charge is 2.16. The average molecular weight is 283 g/mol. The van der Waals surface area contributed by atoms with Gasteiger partial charge in [0.15, 0.2) is 5.88 Å². The second-order valence-corrected chi connectivity index (χ2v) is 7.29. The number of hydrogen-bond donors (Lipinski definition) is 0. The molecule has 0 fully saturated rings. The first-order valence-electron chi connectivity index (χ1n) is 6.46. The van der Waals surface area contributed by atoms with Crippen LogP contribution in [0, 0.1) is 0 Å². The molecule has 0 aliphatic rings. The van der Waals surface area contributed by atoms with Gasteiger partial charge in [-0.2, -0.15) is 0 Å². The van der Waals surface area contributed by atoms with Crippen molar-refractivity contribution in [2.45, 2.75) is 27.2 Å². The van der Waals surface area contributed by atoms with Gasteiger partial charge in [-0.3, -0.25) is 0 Å². The van der Waals surface area contributed by atoms with Crippen LogP contribution in [0.3, 0.4) is 0 Å². The van der Waals surface area contributed by atoms with Gasteiger partial charge in [0.05, 0.1) is 47.8 Å². The molecule has 112 valence electrons. The second-order valence-electron chi connectivity index (χ2n) is 5.91. The molecule has 0 rings (SSSR count). The Bertz CT molecular complexity index is 305. The molecular formula is C12H31N2O3S+. The molecule has 0 N–H and O–H groups in total. The molecular weight excluding hydrogens is 252 g/mol. The summed E-state index contributed by atoms with van der Waals surface area (Å²) in [6.07, 6.45) is 0.878. The van der Waals surface area contributed by atoms with Gasteiger partial charge in [-0.25, -0.2) is 8.42 Å². The summed E-state index contributed by atoms with van der Waals surface area (Å²) in [4.78, 5) is 0. The summed E-state index contributed by atoms with van der Waals surface area (Å²) in [5, 5.41) is 0. The Morgan fingerprint density at radius 3 is 1.44 bits per heavy atom. The van der Waals surface area contributed by atoms with Gasteiger partial charge in [0.2, 0.25) is 0 Å². The Hall–Kier alpha value is -0.170. The summed E-state index contributed by atoms with van der Waals surface area (Å²) in [5.74, 6) is -0.319. The van der Waals surface area contributed by atoms with Crippen LogP contribution in [-0.2, 0) is 10.1 Å². The number of rotatable bonds is 6. The van der Waals surface area contributed by atoms with E-state index in [2.05, 4.69) is 27.9 Å². The van der Waals surface area contributed by atoms with Crippen molar-refractivity contribution in [3.05, 3.63) is 0 Å². The van der Waals surface area contributed by atoms with Crippen LogP contribution in [0.25, 0.3) is 0 Å². The zero-order valence-electron chi connectivity index (χ0n) is 13.1. The van der Waals surface area contributed by atoms with Crippen molar-refractivity contribution < 1.29 is 21.9 Å². The number of quaternary nitrogens is 2. The summed E-state index contributed by atoms with van der Waals surface area (Å²) >= 11 is 0. The maximum absolute atomic E-state index is 10.4. The third-order valence-electron chi connectivity index (χ3n) is 3.05. The molecule has 0 heterocycles. The van der Waals surface area contributed by atoms with Gasteiger partial charge >= 0.3 is 0 Å². The van der Waals surface area contributed by atoms with Gasteiger partial charge in [0, 0.05) is 0 Å². The Balaban J connectivity index is 0. The van der Waals surface area contributed by atoms with Crippen LogP contribution in [0.2, 0.25) is 0 Å². The first kappa shape index (κ1) is 20.2. The minimum absolute atomic E-state index is 0.252. The van der Waals surface area contributed by atoms with Crippen LogP contribution in [0.5, 0.6) is 0 Å². The normalized spacial score (nSPS) is 12.9. The molecule has 0 bridgehead atoms. The zero-order chi connectivity index (χ0) is 15.0. The smallest absolute Gasteiger partial charge is 0.168 e. The first-order chi connectivity index (χ1) is 7.89. The average Bonchev–Trinajstić information content (AvgIpc) is 2.15. The van der Waals surface area contributed by atoms with Crippen LogP contribution >= 0.6 is 0 Å². The molecule has 0 aromatic heterocycles. The lowest BCUT2D eigenvalue weighted by Gasteiger charge is -2.29. The van der Waals surface area contributed by atoms with E-state index in [1.165, 1.54) is 13.1 Å². The van der Waals surface area contributed by atoms with E-state index in [1.807, 2.05) is 6.92 Å². The predicted molar refractivity (Wildman–Crippen MR) is 75.0 cm³/mol. The zero-order valence-corrected chi connectivity index (χ0v) is 13.9. The van der Waals surface area contributed by atoms with E-state index < -0.39 is 10.1 Å². The van der Waals surface area contributed by atoms with Crippen LogP contribution in [-0.4, -0.2) is 75.6 Å². The highest BCUT2D eigenvalue weighted by Crippen LogP contribution is 2.01. The van der Waals surface area contributed by atoms with Gasteiger partial charge in [-0.1, -0.05) is 6.92 Å². The third-order valence-corrected chi connectivity index (χ3v) is 4.06. The van der Waals surface area contributed by atoms with Crippen molar-refractivity contribution in [1.82, 2.24) is 0 Å². The molecule has 18 heavy (non-hydrogen) atoms. The molecule has 5 nitrogen and oxygen atoms in total. The molecule has 0 amide bonds. The fourth-order valence-corrected chi connectivity index (χ4v) is 2.31. The molecule has 0 spiro atoms. The first-order valence-corrected chi connectivity index (χ1v) is 8.04. The Morgan fingerprint density at radius 1 is 0.889 bits per heavy atom. The van der Waals surface area contributed by atoms with E-state index >= 15 is 0 Å². The second kappa shape index (κ2) is 8.09. The van der Waals surface area contributed by atoms with Gasteiger partial charge < -0.3 is 13.5 Å². The molecule has 6 heteroatoms. The van der Waals surface area contributed by atoms with Crippen molar-refractivity contribution in [3.63, 3.8) is 0 Å². The molecule has 0 aliphatic heterocycles. The van der Waals surface area contributed by atoms with E-state index in [-0.39, 0.29) is 10.4 Å². The molecule has 0 aromatic rings. The molecule has 0 saturated heterocycles. The van der Waals surface area contributed by atoms with Gasteiger partial charge in [0.1, 0.15) is 10.1 Å². The van der Waals surface area contributed by atoms with Crippen LogP contribution in [0.15, 0.2) is 0 Å². The highest BCUT2D eigenvalue weighted by atomic mass is 32.2. The van der Waals surface area contributed by atoms with Crippen LogP contribution in [0.1, 0.15) is 27.2 Å². The fraction of sp³-hybridized carbons (Fsp3) is 1.00. The van der Waals surface area contributed by atoms with Crippen molar-refractivity contribution in [2.24, 2.45) is 0 Å². The van der Waals surface area contributed by atoms with Crippen LogP contribution < -0.4 is 0 Å². The summed E-state index contributed by atoms with van der Waals surface area (Å²) < 4.78 is 32.4. The third kappa shape index (κ3) is 13.9. The SMILES string of the molecule is CCC[N+](C)(C)CS(=O)(=O)[O-].CC[N+](C)(C)CC. The maximum Gasteiger partial charge on any atom is 0.168 e. The van der Waals surface area contributed by atoms with Gasteiger partial charge in [-0.05, 0) is 20.3 Å². The van der Waals surface area contributed by atoms with Gasteiger partial charge in [-0.15, -0.1) is 0 Å². The molecule has 0 radical (unpaired) electrons. The van der Waals surface area contributed by atoms with E-state index in [0.29, 0.717) is 6.54 Å². The van der Waals surface area contributed by atoms with E-state index in [9.17, 15) is 13.0 Å². The van der Waals surface area contributed by atoms with Crippen LogP contribution in [0.4, 0.5) is 0 Å². The van der Waals surface area contributed by atoms with Crippen molar-refractivity contribution in [1.29, 1.82) is 0 Å². The summed E-state index contributed by atoms with van der Waals surface area (Å²) in [6.45, 7) is 9.55. The standard InChI is InChI=1S/C6H15NO3S.C6H16N/c1-4-5-7(2,3)6-11(8,9)10;1-5-7(3,4)6-2/h4-6H2,1-3H3;5-6H2,1-4H3/q;+1. The van der Waals surface area contributed by atoms with E-state index in [0.717, 1.165) is 10.9 Å². The van der Waals surface area contributed by atoms with Gasteiger partial charge in [0.25, 0.3) is 0 Å². The lowest BCUT2D eigenvalue weighted by atomic mass is 10.4. The minimum Gasteiger partial charge on any atom is -0.744 e. The summed E-state index contributed by atoms with van der Waals surface area (Å²) in [7, 11) is 3.86. The largest absolute Gasteiger partial charge is 0.744 e. The monoisotopic (exact) mass is 283 g/mol. The van der Waals surface area contributed by atoms with E-state index in [4.69, 9.17) is 0 Å². The van der Waals surface area contributed by atoms with Crippen molar-refractivity contribution in [2.75, 3.05) is 53.7 Å². The Kier molecular flexibility index (Phi) is 9.06. The quantitative estimate of drug-likeness (QED) is 0.541. The molecule has 0 aliphatic carbocycles. The molecule has 0 aromatic carbocycles.